The van der Waals surface area contributed by atoms with E-state index < -0.39 is 19.8 Å². The van der Waals surface area contributed by atoms with Crippen LogP contribution in [-0.4, -0.2) is 19.8 Å². The van der Waals surface area contributed by atoms with Crippen molar-refractivity contribution in [2.45, 2.75) is 80.6 Å². The SMILES string of the molecule is CC(C)C(CF)CF.CC(C)CC(F)F.CCCCC(C)C. The van der Waals surface area contributed by atoms with Gasteiger partial charge >= 0.3 is 0 Å². The van der Waals surface area contributed by atoms with Crippen molar-refractivity contribution in [2.75, 3.05) is 13.3 Å². The van der Waals surface area contributed by atoms with E-state index >= 15 is 0 Å². The largest absolute Gasteiger partial charge is 0.251 e. The molecule has 0 unspecified atom stereocenters. The minimum Gasteiger partial charge on any atom is -0.251 e. The van der Waals surface area contributed by atoms with Gasteiger partial charge in [0.2, 0.25) is 6.43 Å². The smallest absolute Gasteiger partial charge is 0.238 e. The van der Waals surface area contributed by atoms with E-state index in [1.165, 1.54) is 19.3 Å². The van der Waals surface area contributed by atoms with Crippen LogP contribution in [0, 0.1) is 23.7 Å². The number of rotatable bonds is 8. The maximum atomic E-state index is 11.7. The second kappa shape index (κ2) is 18.8. The second-order valence-electron chi connectivity index (χ2n) is 6.87. The van der Waals surface area contributed by atoms with Gasteiger partial charge < -0.3 is 0 Å². The van der Waals surface area contributed by atoms with Crippen molar-refractivity contribution in [2.24, 2.45) is 23.7 Å². The molecule has 0 saturated heterocycles. The van der Waals surface area contributed by atoms with Crippen LogP contribution in [0.3, 0.4) is 0 Å². The maximum Gasteiger partial charge on any atom is 0.238 e. The summed E-state index contributed by atoms with van der Waals surface area (Å²) in [6.07, 6.45) is 2.05. The van der Waals surface area contributed by atoms with Crippen LogP contribution in [0.15, 0.2) is 0 Å². The highest BCUT2D eigenvalue weighted by Gasteiger charge is 2.11. The lowest BCUT2D eigenvalue weighted by Crippen LogP contribution is -2.12. The molecule has 0 radical (unpaired) electrons. The Morgan fingerprint density at radius 3 is 1.27 bits per heavy atom. The van der Waals surface area contributed by atoms with Gasteiger partial charge in [-0.3, -0.25) is 8.78 Å². The zero-order chi connectivity index (χ0) is 18.1. The third-order valence-corrected chi connectivity index (χ3v) is 3.12. The first-order valence-electron chi connectivity index (χ1n) is 8.52. The molecule has 0 spiro atoms. The molecular formula is C18H38F4. The van der Waals surface area contributed by atoms with Gasteiger partial charge in [0.15, 0.2) is 0 Å². The minimum atomic E-state index is -2.12. The number of alkyl halides is 4. The van der Waals surface area contributed by atoms with Crippen molar-refractivity contribution in [3.05, 3.63) is 0 Å². The number of hydrogen-bond donors (Lipinski definition) is 0. The summed E-state index contributed by atoms with van der Waals surface area (Å²) in [5.41, 5.74) is 0. The second-order valence-corrected chi connectivity index (χ2v) is 6.87. The Balaban J connectivity index is -0.000000247. The summed E-state index contributed by atoms with van der Waals surface area (Å²) in [5, 5.41) is 0. The molecule has 0 aliphatic carbocycles. The topological polar surface area (TPSA) is 0 Å². The van der Waals surface area contributed by atoms with Gasteiger partial charge in [-0.2, -0.15) is 0 Å². The molecule has 0 N–H and O–H groups in total. The molecule has 0 fully saturated rings. The van der Waals surface area contributed by atoms with E-state index in [0.717, 1.165) is 5.92 Å². The van der Waals surface area contributed by atoms with Gasteiger partial charge in [-0.25, -0.2) is 8.78 Å². The summed E-state index contributed by atoms with van der Waals surface area (Å²) in [6.45, 7) is 12.9. The van der Waals surface area contributed by atoms with Crippen LogP contribution in [-0.2, 0) is 0 Å². The molecule has 0 atom stereocenters. The standard InChI is InChI=1S/C7H16.C6H12F2.C5H10F2/c1-4-5-6-7(2)3;1-5(2)6(3-7)4-8;1-4(2)3-5(6)7/h7H,4-6H2,1-3H3;5-6H,3-4H2,1-2H3;4-5H,3H2,1-2H3. The Morgan fingerprint density at radius 2 is 1.23 bits per heavy atom. The quantitative estimate of drug-likeness (QED) is 0.409. The van der Waals surface area contributed by atoms with Gasteiger partial charge in [0.25, 0.3) is 0 Å². The van der Waals surface area contributed by atoms with Crippen molar-refractivity contribution in [1.29, 1.82) is 0 Å². The normalized spacial score (nSPS) is 10.9. The van der Waals surface area contributed by atoms with Crippen molar-refractivity contribution >= 4 is 0 Å². The molecule has 0 aliphatic rings. The first-order valence-corrected chi connectivity index (χ1v) is 8.52. The summed E-state index contributed by atoms with van der Waals surface area (Å²) in [6, 6.07) is 0. The molecule has 138 valence electrons. The fourth-order valence-corrected chi connectivity index (χ4v) is 1.37. The van der Waals surface area contributed by atoms with Gasteiger partial charge in [-0.05, 0) is 17.8 Å². The number of unbranched alkanes of at least 4 members (excludes halogenated alkanes) is 1. The first kappa shape index (κ1) is 26.6. The van der Waals surface area contributed by atoms with Crippen molar-refractivity contribution in [3.8, 4) is 0 Å². The Morgan fingerprint density at radius 1 is 0.773 bits per heavy atom. The Labute approximate surface area is 136 Å². The lowest BCUT2D eigenvalue weighted by Gasteiger charge is -2.10. The average Bonchev–Trinajstić information content (AvgIpc) is 2.37. The molecule has 0 nitrogen and oxygen atoms in total. The van der Waals surface area contributed by atoms with Crippen LogP contribution in [0.4, 0.5) is 17.6 Å². The molecule has 0 rings (SSSR count). The van der Waals surface area contributed by atoms with Gasteiger partial charge in [-0.1, -0.05) is 67.7 Å². The summed E-state index contributed by atoms with van der Waals surface area (Å²) >= 11 is 0. The van der Waals surface area contributed by atoms with E-state index in [-0.39, 0.29) is 24.2 Å². The lowest BCUT2D eigenvalue weighted by molar-refractivity contribution is 0.121. The highest BCUT2D eigenvalue weighted by molar-refractivity contribution is 4.58. The Bertz CT molecular complexity index is 182. The van der Waals surface area contributed by atoms with E-state index in [2.05, 4.69) is 20.8 Å². The first-order chi connectivity index (χ1) is 10.1. The number of halogens is 4. The molecule has 0 aromatic heterocycles. The molecule has 0 bridgehead atoms. The molecule has 0 aromatic carbocycles. The lowest BCUT2D eigenvalue weighted by atomic mass is 9.99. The van der Waals surface area contributed by atoms with Crippen molar-refractivity contribution in [3.63, 3.8) is 0 Å². The fraction of sp³-hybridized carbons (Fsp3) is 1.00. The summed E-state index contributed by atoms with van der Waals surface area (Å²) in [4.78, 5) is 0. The van der Waals surface area contributed by atoms with Gasteiger partial charge in [0, 0.05) is 12.3 Å². The van der Waals surface area contributed by atoms with Crippen molar-refractivity contribution < 1.29 is 17.6 Å². The highest BCUT2D eigenvalue weighted by Crippen LogP contribution is 2.11. The van der Waals surface area contributed by atoms with E-state index in [9.17, 15) is 17.6 Å². The molecule has 4 heteroatoms. The molecule has 0 aliphatic heterocycles. The van der Waals surface area contributed by atoms with E-state index in [0.29, 0.717) is 0 Å². The molecular weight excluding hydrogens is 292 g/mol. The van der Waals surface area contributed by atoms with Crippen LogP contribution in [0.2, 0.25) is 0 Å². The zero-order valence-electron chi connectivity index (χ0n) is 15.6. The number of hydrogen-bond acceptors (Lipinski definition) is 0. The molecule has 0 amide bonds. The third-order valence-electron chi connectivity index (χ3n) is 3.12. The maximum absolute atomic E-state index is 11.7. The van der Waals surface area contributed by atoms with E-state index in [4.69, 9.17) is 0 Å². The highest BCUT2D eigenvalue weighted by atomic mass is 19.3. The predicted octanol–water partition coefficient (Wildman–Crippen LogP) is 7.33. The van der Waals surface area contributed by atoms with Crippen LogP contribution < -0.4 is 0 Å². The van der Waals surface area contributed by atoms with Crippen LogP contribution in [0.5, 0.6) is 0 Å². The van der Waals surface area contributed by atoms with Crippen LogP contribution in [0.1, 0.15) is 74.1 Å². The Kier molecular flexibility index (Phi) is 22.7. The van der Waals surface area contributed by atoms with Gasteiger partial charge in [-0.15, -0.1) is 0 Å². The van der Waals surface area contributed by atoms with E-state index in [1.54, 1.807) is 13.8 Å². The predicted molar refractivity (Wildman–Crippen MR) is 90.1 cm³/mol. The van der Waals surface area contributed by atoms with Gasteiger partial charge in [0.05, 0.1) is 13.3 Å². The van der Waals surface area contributed by atoms with Gasteiger partial charge in [0.1, 0.15) is 0 Å². The molecule has 0 heterocycles. The molecule has 0 saturated carbocycles. The van der Waals surface area contributed by atoms with Crippen molar-refractivity contribution in [1.82, 2.24) is 0 Å². The summed E-state index contributed by atoms with van der Waals surface area (Å²) in [5.74, 6) is 0.778. The van der Waals surface area contributed by atoms with E-state index in [1.807, 2.05) is 13.8 Å². The summed E-state index contributed by atoms with van der Waals surface area (Å²) < 4.78 is 45.9. The Hall–Kier alpha value is -0.280. The molecule has 0 aromatic rings. The van der Waals surface area contributed by atoms with Crippen LogP contribution in [0.25, 0.3) is 0 Å². The zero-order valence-corrected chi connectivity index (χ0v) is 15.6. The fourth-order valence-electron chi connectivity index (χ4n) is 1.37. The minimum absolute atomic E-state index is 0.0278. The molecule has 22 heavy (non-hydrogen) atoms. The van der Waals surface area contributed by atoms with Crippen LogP contribution >= 0.6 is 0 Å². The average molecular weight is 330 g/mol. The summed E-state index contributed by atoms with van der Waals surface area (Å²) in [7, 11) is 0. The monoisotopic (exact) mass is 330 g/mol. The third kappa shape index (κ3) is 28.0.